The van der Waals surface area contributed by atoms with Gasteiger partial charge in [0, 0.05) is 30.6 Å². The maximum Gasteiger partial charge on any atom is 0.223 e. The highest BCUT2D eigenvalue weighted by atomic mass is 16.2. The number of azide groups is 1. The van der Waals surface area contributed by atoms with Crippen molar-refractivity contribution in [3.8, 4) is 0 Å². The monoisotopic (exact) mass is 220 g/mol. The van der Waals surface area contributed by atoms with Gasteiger partial charge in [-0.15, -0.1) is 0 Å². The standard InChI is InChI=1S/C9H12N6O/c10-14-12-4-7-3-9(16)15(5-7)6-8-1-2-11-13-8/h1-2,7H,3-6H2,(H,11,13). The van der Waals surface area contributed by atoms with Gasteiger partial charge in [0.25, 0.3) is 0 Å². The fourth-order valence-corrected chi connectivity index (χ4v) is 1.86. The number of H-pyrrole nitrogens is 1. The number of carbonyl (C=O) groups is 1. The van der Waals surface area contributed by atoms with E-state index in [1.165, 1.54) is 0 Å². The number of hydrogen-bond donors (Lipinski definition) is 1. The highest BCUT2D eigenvalue weighted by molar-refractivity contribution is 5.78. The molecule has 1 unspecified atom stereocenters. The molecule has 2 heterocycles. The van der Waals surface area contributed by atoms with Gasteiger partial charge in [0.15, 0.2) is 0 Å². The first-order valence-electron chi connectivity index (χ1n) is 5.06. The molecule has 1 fully saturated rings. The SMILES string of the molecule is [N-]=[N+]=NCC1CC(=O)N(Cc2ccn[nH]2)C1. The number of aromatic nitrogens is 2. The van der Waals surface area contributed by atoms with Crippen LogP contribution >= 0.6 is 0 Å². The quantitative estimate of drug-likeness (QED) is 0.466. The molecule has 0 bridgehead atoms. The molecule has 16 heavy (non-hydrogen) atoms. The second-order valence-corrected chi connectivity index (χ2v) is 3.84. The number of nitrogens with one attached hydrogen (secondary N) is 1. The number of likely N-dealkylation sites (tertiary alicyclic amines) is 1. The third-order valence-corrected chi connectivity index (χ3v) is 2.62. The molecular formula is C9H12N6O. The number of aromatic amines is 1. The van der Waals surface area contributed by atoms with Crippen molar-refractivity contribution in [1.82, 2.24) is 15.1 Å². The Morgan fingerprint density at radius 2 is 2.62 bits per heavy atom. The van der Waals surface area contributed by atoms with Crippen molar-refractivity contribution in [3.05, 3.63) is 28.4 Å². The minimum Gasteiger partial charge on any atom is -0.337 e. The molecule has 0 radical (unpaired) electrons. The molecule has 7 nitrogen and oxygen atoms in total. The van der Waals surface area contributed by atoms with Gasteiger partial charge in [-0.2, -0.15) is 5.10 Å². The molecule has 7 heteroatoms. The van der Waals surface area contributed by atoms with E-state index in [0.717, 1.165) is 5.69 Å². The van der Waals surface area contributed by atoms with E-state index in [-0.39, 0.29) is 11.8 Å². The van der Waals surface area contributed by atoms with Crippen molar-refractivity contribution in [2.45, 2.75) is 13.0 Å². The fourth-order valence-electron chi connectivity index (χ4n) is 1.86. The van der Waals surface area contributed by atoms with Crippen LogP contribution in [-0.2, 0) is 11.3 Å². The summed E-state index contributed by atoms with van der Waals surface area (Å²) >= 11 is 0. The molecule has 0 spiro atoms. The van der Waals surface area contributed by atoms with E-state index in [0.29, 0.717) is 26.1 Å². The molecule has 1 aliphatic heterocycles. The zero-order valence-electron chi connectivity index (χ0n) is 8.70. The van der Waals surface area contributed by atoms with Crippen molar-refractivity contribution >= 4 is 5.91 Å². The highest BCUT2D eigenvalue weighted by Gasteiger charge is 2.28. The average Bonchev–Trinajstić information content (AvgIpc) is 2.87. The first kappa shape index (κ1) is 10.5. The topological polar surface area (TPSA) is 97.8 Å². The van der Waals surface area contributed by atoms with Crippen molar-refractivity contribution in [2.75, 3.05) is 13.1 Å². The molecule has 1 aromatic heterocycles. The van der Waals surface area contributed by atoms with Crippen LogP contribution in [0.25, 0.3) is 10.4 Å². The van der Waals surface area contributed by atoms with Crippen LogP contribution in [0.4, 0.5) is 0 Å². The number of carbonyl (C=O) groups excluding carboxylic acids is 1. The Morgan fingerprint density at radius 3 is 3.31 bits per heavy atom. The number of amides is 1. The predicted octanol–water partition coefficient (Wildman–Crippen LogP) is 1.07. The zero-order chi connectivity index (χ0) is 11.4. The second kappa shape index (κ2) is 4.67. The van der Waals surface area contributed by atoms with E-state index in [1.54, 1.807) is 11.1 Å². The van der Waals surface area contributed by atoms with Crippen LogP contribution in [0.1, 0.15) is 12.1 Å². The summed E-state index contributed by atoms with van der Waals surface area (Å²) in [7, 11) is 0. The minimum absolute atomic E-state index is 0.104. The summed E-state index contributed by atoms with van der Waals surface area (Å²) in [6.07, 6.45) is 2.13. The summed E-state index contributed by atoms with van der Waals surface area (Å²) in [6, 6.07) is 1.84. The smallest absolute Gasteiger partial charge is 0.223 e. The Labute approximate surface area is 92.1 Å². The molecule has 0 saturated carbocycles. The van der Waals surface area contributed by atoms with E-state index >= 15 is 0 Å². The lowest BCUT2D eigenvalue weighted by Crippen LogP contribution is -2.25. The zero-order valence-corrected chi connectivity index (χ0v) is 8.70. The molecule has 84 valence electrons. The van der Waals surface area contributed by atoms with Crippen molar-refractivity contribution in [2.24, 2.45) is 11.0 Å². The first-order chi connectivity index (χ1) is 7.79. The molecule has 1 amide bonds. The van der Waals surface area contributed by atoms with E-state index in [1.807, 2.05) is 6.07 Å². The molecule has 0 aliphatic carbocycles. The predicted molar refractivity (Wildman–Crippen MR) is 56.1 cm³/mol. The van der Waals surface area contributed by atoms with Crippen LogP contribution in [-0.4, -0.2) is 34.1 Å². The van der Waals surface area contributed by atoms with E-state index in [9.17, 15) is 4.79 Å². The third kappa shape index (κ3) is 2.32. The Morgan fingerprint density at radius 1 is 1.75 bits per heavy atom. The first-order valence-corrected chi connectivity index (χ1v) is 5.06. The summed E-state index contributed by atoms with van der Waals surface area (Å²) in [4.78, 5) is 16.1. The molecular weight excluding hydrogens is 208 g/mol. The summed E-state index contributed by atoms with van der Waals surface area (Å²) in [5.41, 5.74) is 9.13. The van der Waals surface area contributed by atoms with Crippen LogP contribution in [0.3, 0.4) is 0 Å². The van der Waals surface area contributed by atoms with Crippen LogP contribution in [0, 0.1) is 5.92 Å². The van der Waals surface area contributed by atoms with Crippen LogP contribution in [0.5, 0.6) is 0 Å². The summed E-state index contributed by atoms with van der Waals surface area (Å²) < 4.78 is 0. The maximum absolute atomic E-state index is 11.6. The largest absolute Gasteiger partial charge is 0.337 e. The lowest BCUT2D eigenvalue weighted by atomic mass is 10.1. The number of hydrogen-bond acceptors (Lipinski definition) is 3. The molecule has 2 rings (SSSR count). The van der Waals surface area contributed by atoms with Gasteiger partial charge in [-0.3, -0.25) is 9.89 Å². The number of nitrogens with zero attached hydrogens (tertiary/aromatic N) is 5. The van der Waals surface area contributed by atoms with Gasteiger partial charge in [0.1, 0.15) is 0 Å². The molecule has 0 aromatic carbocycles. The van der Waals surface area contributed by atoms with Gasteiger partial charge in [-0.1, -0.05) is 5.11 Å². The van der Waals surface area contributed by atoms with Crippen LogP contribution in [0.2, 0.25) is 0 Å². The normalized spacial score (nSPS) is 19.9. The molecule has 1 saturated heterocycles. The van der Waals surface area contributed by atoms with E-state index in [4.69, 9.17) is 5.53 Å². The summed E-state index contributed by atoms with van der Waals surface area (Å²) in [6.45, 7) is 1.59. The van der Waals surface area contributed by atoms with Crippen LogP contribution < -0.4 is 0 Å². The van der Waals surface area contributed by atoms with Crippen molar-refractivity contribution < 1.29 is 4.79 Å². The molecule has 1 N–H and O–H groups in total. The molecule has 1 aromatic rings. The maximum atomic E-state index is 11.6. The van der Waals surface area contributed by atoms with Gasteiger partial charge in [0.2, 0.25) is 5.91 Å². The lowest BCUT2D eigenvalue weighted by molar-refractivity contribution is -0.128. The third-order valence-electron chi connectivity index (χ3n) is 2.62. The minimum atomic E-state index is 0.104. The van der Waals surface area contributed by atoms with Crippen LogP contribution in [0.15, 0.2) is 17.4 Å². The second-order valence-electron chi connectivity index (χ2n) is 3.84. The number of rotatable bonds is 4. The summed E-state index contributed by atoms with van der Waals surface area (Å²) in [5, 5.41) is 10.1. The highest BCUT2D eigenvalue weighted by Crippen LogP contribution is 2.19. The molecule has 1 aliphatic rings. The Balaban J connectivity index is 1.92. The van der Waals surface area contributed by atoms with Gasteiger partial charge in [0.05, 0.1) is 12.2 Å². The Hall–Kier alpha value is -2.01. The van der Waals surface area contributed by atoms with E-state index in [2.05, 4.69) is 20.2 Å². The average molecular weight is 220 g/mol. The summed E-state index contributed by atoms with van der Waals surface area (Å²) in [5.74, 6) is 0.249. The molecule has 1 atom stereocenters. The fraction of sp³-hybridized carbons (Fsp3) is 0.556. The van der Waals surface area contributed by atoms with Gasteiger partial charge >= 0.3 is 0 Å². The van der Waals surface area contributed by atoms with Gasteiger partial charge in [-0.05, 0) is 17.5 Å². The van der Waals surface area contributed by atoms with E-state index < -0.39 is 0 Å². The van der Waals surface area contributed by atoms with Gasteiger partial charge in [-0.25, -0.2) is 0 Å². The Bertz CT molecular complexity index is 408. The van der Waals surface area contributed by atoms with Gasteiger partial charge < -0.3 is 4.90 Å². The van der Waals surface area contributed by atoms with Crippen molar-refractivity contribution in [1.29, 1.82) is 0 Å². The van der Waals surface area contributed by atoms with Crippen molar-refractivity contribution in [3.63, 3.8) is 0 Å². The lowest BCUT2D eigenvalue weighted by Gasteiger charge is -2.14. The Kier molecular flexibility index (Phi) is 3.07.